The van der Waals surface area contributed by atoms with Gasteiger partial charge in [-0.25, -0.2) is 4.39 Å². The smallest absolute Gasteiger partial charge is 0.251 e. The summed E-state index contributed by atoms with van der Waals surface area (Å²) in [5.41, 5.74) is 0.238. The van der Waals surface area contributed by atoms with Gasteiger partial charge in [0.25, 0.3) is 5.91 Å². The fraction of sp³-hybridized carbons (Fsp3) is 0.368. The molecule has 0 saturated heterocycles. The van der Waals surface area contributed by atoms with E-state index in [0.717, 1.165) is 0 Å². The molecule has 1 atom stereocenters. The van der Waals surface area contributed by atoms with Gasteiger partial charge in [-0.05, 0) is 37.1 Å². The van der Waals surface area contributed by atoms with Crippen LogP contribution < -0.4 is 10.6 Å². The Balaban J connectivity index is 1.99. The third-order valence-corrected chi connectivity index (χ3v) is 3.98. The molecule has 0 spiro atoms. The van der Waals surface area contributed by atoms with Crippen LogP contribution in [0.5, 0.6) is 0 Å². The molecule has 2 N–H and O–H groups in total. The Morgan fingerprint density at radius 2 is 1.86 bits per heavy atom. The quantitative estimate of drug-likeness (QED) is 0.752. The lowest BCUT2D eigenvalue weighted by atomic mass is 10.0. The summed E-state index contributed by atoms with van der Waals surface area (Å²) in [6, 6.07) is 5.73. The van der Waals surface area contributed by atoms with Crippen molar-refractivity contribution in [3.63, 3.8) is 0 Å². The maximum Gasteiger partial charge on any atom is 0.251 e. The predicted octanol–water partition coefficient (Wildman–Crippen LogP) is 1.97. The molecule has 8 nitrogen and oxygen atoms in total. The van der Waals surface area contributed by atoms with E-state index in [0.29, 0.717) is 5.76 Å². The van der Waals surface area contributed by atoms with Gasteiger partial charge in [0.15, 0.2) is 5.82 Å². The van der Waals surface area contributed by atoms with E-state index in [-0.39, 0.29) is 23.8 Å². The summed E-state index contributed by atoms with van der Waals surface area (Å²) in [5, 5.41) is 8.83. The number of halogens is 1. The van der Waals surface area contributed by atoms with E-state index in [1.807, 2.05) is 0 Å². The number of hydrogen-bond acceptors (Lipinski definition) is 5. The van der Waals surface area contributed by atoms with Crippen molar-refractivity contribution in [2.75, 3.05) is 18.9 Å². The average Bonchev–Trinajstić information content (AvgIpc) is 3.03. The van der Waals surface area contributed by atoms with Gasteiger partial charge in [-0.1, -0.05) is 19.0 Å². The minimum Gasteiger partial charge on any atom is -0.360 e. The molecule has 1 aromatic carbocycles. The van der Waals surface area contributed by atoms with E-state index < -0.39 is 29.6 Å². The molecule has 2 rings (SSSR count). The van der Waals surface area contributed by atoms with Crippen molar-refractivity contribution in [3.8, 4) is 0 Å². The lowest BCUT2D eigenvalue weighted by Gasteiger charge is -2.26. The standard InChI is InChI=1S/C19H23FN4O4/c1-11(2)17(22-18(26)13-5-7-14(20)8-6-13)19(27)24(4)10-16(25)21-15-9-12(3)28-23-15/h5-9,11,17H,10H2,1-4H3,(H,22,26)(H,21,23,25). The maximum absolute atomic E-state index is 13.0. The average molecular weight is 390 g/mol. The molecule has 0 radical (unpaired) electrons. The third kappa shape index (κ3) is 5.63. The Bertz CT molecular complexity index is 848. The fourth-order valence-corrected chi connectivity index (χ4v) is 2.48. The summed E-state index contributed by atoms with van der Waals surface area (Å²) in [4.78, 5) is 38.4. The second kappa shape index (κ2) is 9.12. The number of nitrogens with zero attached hydrogens (tertiary/aromatic N) is 2. The van der Waals surface area contributed by atoms with E-state index >= 15 is 0 Å². The summed E-state index contributed by atoms with van der Waals surface area (Å²) >= 11 is 0. The van der Waals surface area contributed by atoms with Crippen molar-refractivity contribution in [2.45, 2.75) is 26.8 Å². The van der Waals surface area contributed by atoms with Gasteiger partial charge < -0.3 is 20.1 Å². The van der Waals surface area contributed by atoms with Gasteiger partial charge in [-0.3, -0.25) is 14.4 Å². The number of aromatic nitrogens is 1. The molecule has 2 aromatic rings. The lowest BCUT2D eigenvalue weighted by molar-refractivity contribution is -0.135. The summed E-state index contributed by atoms with van der Waals surface area (Å²) in [5.74, 6) is -1.24. The highest BCUT2D eigenvalue weighted by Gasteiger charge is 2.28. The molecule has 0 fully saturated rings. The highest BCUT2D eigenvalue weighted by Crippen LogP contribution is 2.10. The normalized spacial score (nSPS) is 11.8. The number of nitrogens with one attached hydrogen (secondary N) is 2. The molecule has 0 aliphatic heterocycles. The molecule has 0 bridgehead atoms. The number of carbonyl (C=O) groups excluding carboxylic acids is 3. The van der Waals surface area contributed by atoms with Gasteiger partial charge in [-0.15, -0.1) is 0 Å². The van der Waals surface area contributed by atoms with Crippen molar-refractivity contribution >= 4 is 23.5 Å². The lowest BCUT2D eigenvalue weighted by Crippen LogP contribution is -2.51. The molecule has 9 heteroatoms. The van der Waals surface area contributed by atoms with Gasteiger partial charge in [0.05, 0.1) is 6.54 Å². The Morgan fingerprint density at radius 1 is 1.21 bits per heavy atom. The minimum absolute atomic E-state index is 0.222. The van der Waals surface area contributed by atoms with Gasteiger partial charge in [0.2, 0.25) is 11.8 Å². The van der Waals surface area contributed by atoms with Crippen LogP contribution in [0.1, 0.15) is 30.0 Å². The van der Waals surface area contributed by atoms with Crippen LogP contribution in [-0.4, -0.2) is 47.4 Å². The minimum atomic E-state index is -0.843. The molecular weight excluding hydrogens is 367 g/mol. The van der Waals surface area contributed by atoms with E-state index in [4.69, 9.17) is 4.52 Å². The summed E-state index contributed by atoms with van der Waals surface area (Å²) < 4.78 is 17.9. The number of aryl methyl sites for hydroxylation is 1. The zero-order valence-electron chi connectivity index (χ0n) is 16.2. The van der Waals surface area contributed by atoms with Gasteiger partial charge in [-0.2, -0.15) is 0 Å². The van der Waals surface area contributed by atoms with Crippen LogP contribution in [0, 0.1) is 18.7 Å². The molecule has 1 aromatic heterocycles. The third-order valence-electron chi connectivity index (χ3n) is 3.98. The van der Waals surface area contributed by atoms with Gasteiger partial charge in [0.1, 0.15) is 17.6 Å². The maximum atomic E-state index is 13.0. The Labute approximate surface area is 162 Å². The molecule has 0 aliphatic rings. The van der Waals surface area contributed by atoms with Crippen LogP contribution in [0.3, 0.4) is 0 Å². The zero-order valence-corrected chi connectivity index (χ0v) is 16.2. The number of benzene rings is 1. The number of amides is 3. The van der Waals surface area contributed by atoms with Crippen LogP contribution >= 0.6 is 0 Å². The highest BCUT2D eigenvalue weighted by atomic mass is 19.1. The monoisotopic (exact) mass is 390 g/mol. The number of likely N-dealkylation sites (N-methyl/N-ethyl adjacent to an activating group) is 1. The molecular formula is C19H23FN4O4. The van der Waals surface area contributed by atoms with E-state index in [1.165, 1.54) is 36.2 Å². The van der Waals surface area contributed by atoms with Crippen molar-refractivity contribution in [1.29, 1.82) is 0 Å². The fourth-order valence-electron chi connectivity index (χ4n) is 2.48. The first-order valence-corrected chi connectivity index (χ1v) is 8.72. The highest BCUT2D eigenvalue weighted by molar-refractivity contribution is 5.99. The Hall–Kier alpha value is -3.23. The number of rotatable bonds is 7. The largest absolute Gasteiger partial charge is 0.360 e. The van der Waals surface area contributed by atoms with Crippen molar-refractivity contribution in [1.82, 2.24) is 15.4 Å². The first-order valence-electron chi connectivity index (χ1n) is 8.72. The van der Waals surface area contributed by atoms with Gasteiger partial charge in [0, 0.05) is 18.7 Å². The number of carbonyl (C=O) groups is 3. The molecule has 28 heavy (non-hydrogen) atoms. The van der Waals surface area contributed by atoms with E-state index in [1.54, 1.807) is 26.8 Å². The van der Waals surface area contributed by atoms with E-state index in [2.05, 4.69) is 15.8 Å². The summed E-state index contributed by atoms with van der Waals surface area (Å²) in [7, 11) is 1.47. The van der Waals surface area contributed by atoms with Gasteiger partial charge >= 0.3 is 0 Å². The van der Waals surface area contributed by atoms with Crippen LogP contribution in [0.2, 0.25) is 0 Å². The molecule has 1 heterocycles. The van der Waals surface area contributed by atoms with Crippen LogP contribution in [0.25, 0.3) is 0 Å². The SMILES string of the molecule is Cc1cc(NC(=O)CN(C)C(=O)C(NC(=O)c2ccc(F)cc2)C(C)C)no1. The molecule has 0 aliphatic carbocycles. The summed E-state index contributed by atoms with van der Waals surface area (Å²) in [6.07, 6.45) is 0. The van der Waals surface area contributed by atoms with Crippen LogP contribution in [-0.2, 0) is 9.59 Å². The Morgan fingerprint density at radius 3 is 2.39 bits per heavy atom. The van der Waals surface area contributed by atoms with Crippen molar-refractivity contribution in [3.05, 3.63) is 47.5 Å². The molecule has 0 saturated carbocycles. The topological polar surface area (TPSA) is 105 Å². The zero-order chi connectivity index (χ0) is 20.8. The second-order valence-electron chi connectivity index (χ2n) is 6.77. The molecule has 3 amide bonds. The van der Waals surface area contributed by atoms with E-state index in [9.17, 15) is 18.8 Å². The number of anilines is 1. The van der Waals surface area contributed by atoms with Crippen molar-refractivity contribution in [2.24, 2.45) is 5.92 Å². The second-order valence-corrected chi connectivity index (χ2v) is 6.77. The van der Waals surface area contributed by atoms with Crippen molar-refractivity contribution < 1.29 is 23.3 Å². The van der Waals surface area contributed by atoms with Crippen LogP contribution in [0.4, 0.5) is 10.2 Å². The van der Waals surface area contributed by atoms with Crippen LogP contribution in [0.15, 0.2) is 34.9 Å². The predicted molar refractivity (Wildman–Crippen MR) is 100.0 cm³/mol. The first-order chi connectivity index (χ1) is 13.2. The molecule has 150 valence electrons. The number of hydrogen-bond donors (Lipinski definition) is 2. The Kier molecular flexibility index (Phi) is 6.86. The first kappa shape index (κ1) is 21.1. The molecule has 1 unspecified atom stereocenters. The summed E-state index contributed by atoms with van der Waals surface area (Å²) in [6.45, 7) is 5.02.